The largest absolute Gasteiger partial charge is 0.374 e. The first kappa shape index (κ1) is 7.12. The molecule has 10 heavy (non-hydrogen) atoms. The average Bonchev–Trinajstić information content (AvgIpc) is 1.78. The molecule has 2 N–H and O–H groups in total. The van der Waals surface area contributed by atoms with Crippen LogP contribution >= 0.6 is 0 Å². The summed E-state index contributed by atoms with van der Waals surface area (Å²) in [5.74, 6) is 0.0277. The third kappa shape index (κ3) is 1.12. The van der Waals surface area contributed by atoms with Crippen molar-refractivity contribution in [3.05, 3.63) is 12.3 Å². The van der Waals surface area contributed by atoms with Crippen molar-refractivity contribution in [2.45, 2.75) is 19.4 Å². The van der Waals surface area contributed by atoms with E-state index in [1.54, 1.807) is 0 Å². The SMILES string of the molecule is C=C1CNC(=O)C(C)(C)N1. The van der Waals surface area contributed by atoms with Crippen LogP contribution in [0.5, 0.6) is 0 Å². The van der Waals surface area contributed by atoms with Gasteiger partial charge < -0.3 is 10.6 Å². The number of nitrogens with one attached hydrogen (secondary N) is 2. The topological polar surface area (TPSA) is 41.1 Å². The summed E-state index contributed by atoms with van der Waals surface area (Å²) in [6.45, 7) is 7.91. The quantitative estimate of drug-likeness (QED) is 0.497. The van der Waals surface area contributed by atoms with Crippen LogP contribution in [0.15, 0.2) is 12.3 Å². The van der Waals surface area contributed by atoms with Gasteiger partial charge in [-0.2, -0.15) is 0 Å². The number of hydrogen-bond acceptors (Lipinski definition) is 2. The number of carbonyl (C=O) groups excluding carboxylic acids is 1. The third-order valence-corrected chi connectivity index (χ3v) is 1.52. The van der Waals surface area contributed by atoms with E-state index in [0.29, 0.717) is 6.54 Å². The Hall–Kier alpha value is -0.990. The van der Waals surface area contributed by atoms with Crippen molar-refractivity contribution in [1.82, 2.24) is 10.6 Å². The van der Waals surface area contributed by atoms with Gasteiger partial charge in [-0.15, -0.1) is 0 Å². The molecule has 1 aliphatic heterocycles. The van der Waals surface area contributed by atoms with E-state index in [4.69, 9.17) is 0 Å². The predicted molar refractivity (Wildman–Crippen MR) is 39.4 cm³/mol. The molecule has 1 amide bonds. The van der Waals surface area contributed by atoms with E-state index < -0.39 is 5.54 Å². The minimum atomic E-state index is -0.491. The number of carbonyl (C=O) groups is 1. The molecule has 0 spiro atoms. The summed E-state index contributed by atoms with van der Waals surface area (Å²) < 4.78 is 0. The lowest BCUT2D eigenvalue weighted by Crippen LogP contribution is -2.58. The number of hydrogen-bond donors (Lipinski definition) is 2. The van der Waals surface area contributed by atoms with Gasteiger partial charge in [0.15, 0.2) is 0 Å². The van der Waals surface area contributed by atoms with E-state index >= 15 is 0 Å². The van der Waals surface area contributed by atoms with Gasteiger partial charge >= 0.3 is 0 Å². The molecule has 1 rings (SSSR count). The molecule has 1 heterocycles. The van der Waals surface area contributed by atoms with E-state index in [2.05, 4.69) is 17.2 Å². The summed E-state index contributed by atoms with van der Waals surface area (Å²) in [6.07, 6.45) is 0. The van der Waals surface area contributed by atoms with Crippen molar-refractivity contribution in [1.29, 1.82) is 0 Å². The van der Waals surface area contributed by atoms with Crippen LogP contribution in [0.25, 0.3) is 0 Å². The molecule has 0 aromatic heterocycles. The zero-order valence-electron chi connectivity index (χ0n) is 6.32. The first-order valence-corrected chi connectivity index (χ1v) is 3.26. The van der Waals surface area contributed by atoms with E-state index in [9.17, 15) is 4.79 Å². The molecule has 3 heteroatoms. The highest BCUT2D eigenvalue weighted by Gasteiger charge is 2.30. The van der Waals surface area contributed by atoms with Gasteiger partial charge in [-0.25, -0.2) is 0 Å². The van der Waals surface area contributed by atoms with Crippen LogP contribution < -0.4 is 10.6 Å². The highest BCUT2D eigenvalue weighted by molar-refractivity contribution is 5.86. The van der Waals surface area contributed by atoms with Crippen molar-refractivity contribution in [3.8, 4) is 0 Å². The maximum absolute atomic E-state index is 11.0. The number of rotatable bonds is 0. The Morgan fingerprint density at radius 3 is 2.60 bits per heavy atom. The van der Waals surface area contributed by atoms with Gasteiger partial charge in [-0.1, -0.05) is 6.58 Å². The second kappa shape index (κ2) is 2.01. The van der Waals surface area contributed by atoms with Crippen molar-refractivity contribution in [2.75, 3.05) is 6.54 Å². The molecule has 0 atom stereocenters. The van der Waals surface area contributed by atoms with Gasteiger partial charge in [0.2, 0.25) is 5.91 Å². The van der Waals surface area contributed by atoms with Crippen LogP contribution in [0.1, 0.15) is 13.8 Å². The molecule has 0 radical (unpaired) electrons. The molecule has 1 saturated heterocycles. The summed E-state index contributed by atoms with van der Waals surface area (Å²) in [4.78, 5) is 11.0. The van der Waals surface area contributed by atoms with Crippen molar-refractivity contribution in [3.63, 3.8) is 0 Å². The molecular formula is C7H12N2O. The zero-order chi connectivity index (χ0) is 7.78. The molecular weight excluding hydrogens is 128 g/mol. The van der Waals surface area contributed by atoms with Crippen LogP contribution in [-0.4, -0.2) is 18.0 Å². The fraction of sp³-hybridized carbons (Fsp3) is 0.571. The minimum absolute atomic E-state index is 0.0277. The smallest absolute Gasteiger partial charge is 0.245 e. The zero-order valence-corrected chi connectivity index (χ0v) is 6.32. The Bertz CT molecular complexity index is 184. The van der Waals surface area contributed by atoms with Crippen LogP contribution in [0.3, 0.4) is 0 Å². The lowest BCUT2D eigenvalue weighted by atomic mass is 10.0. The Morgan fingerprint density at radius 2 is 2.20 bits per heavy atom. The summed E-state index contributed by atoms with van der Waals surface area (Å²) in [5.41, 5.74) is 0.375. The fourth-order valence-corrected chi connectivity index (χ4v) is 0.951. The van der Waals surface area contributed by atoms with Gasteiger partial charge in [0, 0.05) is 5.70 Å². The molecule has 0 unspecified atom stereocenters. The van der Waals surface area contributed by atoms with Gasteiger partial charge in [0.25, 0.3) is 0 Å². The fourth-order valence-electron chi connectivity index (χ4n) is 0.951. The monoisotopic (exact) mass is 140 g/mol. The summed E-state index contributed by atoms with van der Waals surface area (Å²) in [5, 5.41) is 5.72. The summed E-state index contributed by atoms with van der Waals surface area (Å²) in [7, 11) is 0. The van der Waals surface area contributed by atoms with Crippen molar-refractivity contribution < 1.29 is 4.79 Å². The third-order valence-electron chi connectivity index (χ3n) is 1.52. The summed E-state index contributed by atoms with van der Waals surface area (Å²) >= 11 is 0. The van der Waals surface area contributed by atoms with E-state index in [0.717, 1.165) is 5.70 Å². The maximum atomic E-state index is 11.0. The molecule has 3 nitrogen and oxygen atoms in total. The highest BCUT2D eigenvalue weighted by atomic mass is 16.2. The van der Waals surface area contributed by atoms with Crippen molar-refractivity contribution >= 4 is 5.91 Å². The van der Waals surface area contributed by atoms with Gasteiger partial charge in [-0.05, 0) is 13.8 Å². The van der Waals surface area contributed by atoms with Gasteiger partial charge in [0.05, 0.1) is 6.54 Å². The predicted octanol–water partition coefficient (Wildman–Crippen LogP) is -0.00190. The molecule has 1 fully saturated rings. The molecule has 0 saturated carbocycles. The molecule has 1 aliphatic rings. The second-order valence-electron chi connectivity index (χ2n) is 3.04. The van der Waals surface area contributed by atoms with Crippen LogP contribution in [0, 0.1) is 0 Å². The lowest BCUT2D eigenvalue weighted by Gasteiger charge is -2.32. The van der Waals surface area contributed by atoms with E-state index in [-0.39, 0.29) is 5.91 Å². The molecule has 56 valence electrons. The number of piperazine rings is 1. The molecule has 0 bridgehead atoms. The van der Waals surface area contributed by atoms with Crippen LogP contribution in [0.2, 0.25) is 0 Å². The van der Waals surface area contributed by atoms with Crippen molar-refractivity contribution in [2.24, 2.45) is 0 Å². The Labute approximate surface area is 60.5 Å². The normalized spacial score (nSPS) is 23.4. The minimum Gasteiger partial charge on any atom is -0.374 e. The number of amides is 1. The molecule has 0 aromatic carbocycles. The maximum Gasteiger partial charge on any atom is 0.245 e. The average molecular weight is 140 g/mol. The summed E-state index contributed by atoms with van der Waals surface area (Å²) in [6, 6.07) is 0. The second-order valence-corrected chi connectivity index (χ2v) is 3.04. The Morgan fingerprint density at radius 1 is 1.60 bits per heavy atom. The van der Waals surface area contributed by atoms with Gasteiger partial charge in [0.1, 0.15) is 5.54 Å². The Balaban J connectivity index is 2.73. The Kier molecular flexibility index (Phi) is 1.43. The molecule has 0 aromatic rings. The van der Waals surface area contributed by atoms with Crippen LogP contribution in [-0.2, 0) is 4.79 Å². The first-order valence-electron chi connectivity index (χ1n) is 3.26. The first-order chi connectivity index (χ1) is 4.52. The van der Waals surface area contributed by atoms with E-state index in [1.807, 2.05) is 13.8 Å². The van der Waals surface area contributed by atoms with Crippen LogP contribution in [0.4, 0.5) is 0 Å². The van der Waals surface area contributed by atoms with E-state index in [1.165, 1.54) is 0 Å². The highest BCUT2D eigenvalue weighted by Crippen LogP contribution is 2.08. The lowest BCUT2D eigenvalue weighted by molar-refractivity contribution is -0.127. The standard InChI is InChI=1S/C7H12N2O/c1-5-4-8-6(10)7(2,3)9-5/h9H,1,4H2,2-3H3,(H,8,10). The molecule has 0 aliphatic carbocycles. The van der Waals surface area contributed by atoms with Gasteiger partial charge in [-0.3, -0.25) is 4.79 Å².